The van der Waals surface area contributed by atoms with Crippen LogP contribution in [0.4, 0.5) is 4.39 Å². The van der Waals surface area contributed by atoms with Gasteiger partial charge in [0.2, 0.25) is 0 Å². The zero-order chi connectivity index (χ0) is 19.8. The summed E-state index contributed by atoms with van der Waals surface area (Å²) >= 11 is 0. The number of nitrogens with zero attached hydrogens (tertiary/aromatic N) is 1. The normalized spacial score (nSPS) is 11.9. The Kier molecular flexibility index (Phi) is 7.61. The van der Waals surface area contributed by atoms with E-state index in [9.17, 15) is 9.18 Å². The summed E-state index contributed by atoms with van der Waals surface area (Å²) in [6, 6.07) is 11.4. The van der Waals surface area contributed by atoms with Crippen molar-refractivity contribution in [3.63, 3.8) is 0 Å². The molecule has 0 radical (unpaired) electrons. The molecular weight excluding hydrogens is 347 g/mol. The van der Waals surface area contributed by atoms with Crippen molar-refractivity contribution < 1.29 is 18.7 Å². The minimum absolute atomic E-state index is 0.140. The van der Waals surface area contributed by atoms with Crippen LogP contribution in [0.3, 0.4) is 0 Å². The molecule has 0 saturated carbocycles. The van der Waals surface area contributed by atoms with Crippen molar-refractivity contribution in [1.82, 2.24) is 10.2 Å². The molecule has 2 aromatic carbocycles. The predicted octanol–water partition coefficient (Wildman–Crippen LogP) is 3.66. The van der Waals surface area contributed by atoms with Crippen LogP contribution in [0.5, 0.6) is 11.5 Å². The summed E-state index contributed by atoms with van der Waals surface area (Å²) in [6.45, 7) is 5.12. The lowest BCUT2D eigenvalue weighted by atomic mass is 10.1. The molecule has 0 saturated heterocycles. The standard InChI is InChI=1S/C21H27FN2O3/c1-5-26-19-11-10-16(13-20(19)27-6-2)21(25)23-14-18(24(3)4)15-8-7-9-17(22)12-15/h7-13,18H,5-6,14H2,1-4H3,(H,23,25). The van der Waals surface area contributed by atoms with Crippen LogP contribution in [-0.2, 0) is 0 Å². The lowest BCUT2D eigenvalue weighted by Crippen LogP contribution is -2.34. The van der Waals surface area contributed by atoms with Gasteiger partial charge in [0.05, 0.1) is 19.3 Å². The number of ether oxygens (including phenoxy) is 2. The van der Waals surface area contributed by atoms with Gasteiger partial charge in [-0.05, 0) is 63.8 Å². The summed E-state index contributed by atoms with van der Waals surface area (Å²) in [4.78, 5) is 14.5. The lowest BCUT2D eigenvalue weighted by molar-refractivity contribution is 0.0941. The van der Waals surface area contributed by atoms with Crippen molar-refractivity contribution >= 4 is 5.91 Å². The Balaban J connectivity index is 2.12. The van der Waals surface area contributed by atoms with Crippen LogP contribution in [0, 0.1) is 5.82 Å². The molecule has 2 aromatic rings. The van der Waals surface area contributed by atoms with Gasteiger partial charge in [-0.3, -0.25) is 4.79 Å². The van der Waals surface area contributed by atoms with E-state index in [2.05, 4.69) is 5.32 Å². The van der Waals surface area contributed by atoms with E-state index in [-0.39, 0.29) is 17.8 Å². The molecule has 0 aliphatic heterocycles. The first-order valence-corrected chi connectivity index (χ1v) is 9.06. The molecule has 2 rings (SSSR count). The molecule has 0 aromatic heterocycles. The number of halogens is 1. The number of benzene rings is 2. The van der Waals surface area contributed by atoms with Gasteiger partial charge in [-0.2, -0.15) is 0 Å². The van der Waals surface area contributed by atoms with Gasteiger partial charge in [-0.15, -0.1) is 0 Å². The quantitative estimate of drug-likeness (QED) is 0.728. The number of likely N-dealkylation sites (N-methyl/N-ethyl adjacent to an activating group) is 1. The van der Waals surface area contributed by atoms with Gasteiger partial charge in [0.15, 0.2) is 11.5 Å². The number of rotatable bonds is 9. The largest absolute Gasteiger partial charge is 0.490 e. The molecule has 5 nitrogen and oxygen atoms in total. The SMILES string of the molecule is CCOc1ccc(C(=O)NCC(c2cccc(F)c2)N(C)C)cc1OCC. The molecule has 1 atom stereocenters. The summed E-state index contributed by atoms with van der Waals surface area (Å²) in [6.07, 6.45) is 0. The maximum atomic E-state index is 13.5. The van der Waals surface area contributed by atoms with Crippen molar-refractivity contribution in [2.45, 2.75) is 19.9 Å². The topological polar surface area (TPSA) is 50.8 Å². The first-order valence-electron chi connectivity index (χ1n) is 9.06. The van der Waals surface area contributed by atoms with Crippen molar-refractivity contribution in [1.29, 1.82) is 0 Å². The fourth-order valence-electron chi connectivity index (χ4n) is 2.80. The molecule has 146 valence electrons. The number of nitrogens with one attached hydrogen (secondary N) is 1. The number of carbonyl (C=O) groups excluding carboxylic acids is 1. The molecule has 0 bridgehead atoms. The lowest BCUT2D eigenvalue weighted by Gasteiger charge is -2.25. The van der Waals surface area contributed by atoms with Crippen LogP contribution >= 0.6 is 0 Å². The van der Waals surface area contributed by atoms with Gasteiger partial charge in [-0.1, -0.05) is 12.1 Å². The van der Waals surface area contributed by atoms with Gasteiger partial charge in [0.1, 0.15) is 5.82 Å². The van der Waals surface area contributed by atoms with Crippen LogP contribution in [0.2, 0.25) is 0 Å². The molecule has 6 heteroatoms. The van der Waals surface area contributed by atoms with Crippen molar-refractivity contribution in [3.8, 4) is 11.5 Å². The molecular formula is C21H27FN2O3. The van der Waals surface area contributed by atoms with Crippen LogP contribution in [0.15, 0.2) is 42.5 Å². The minimum Gasteiger partial charge on any atom is -0.490 e. The first kappa shape index (κ1) is 20.7. The van der Waals surface area contributed by atoms with Crippen LogP contribution < -0.4 is 14.8 Å². The molecule has 27 heavy (non-hydrogen) atoms. The number of hydrogen-bond donors (Lipinski definition) is 1. The molecule has 1 N–H and O–H groups in total. The van der Waals surface area contributed by atoms with Gasteiger partial charge in [0.25, 0.3) is 5.91 Å². The highest BCUT2D eigenvalue weighted by atomic mass is 19.1. The van der Waals surface area contributed by atoms with Gasteiger partial charge >= 0.3 is 0 Å². The van der Waals surface area contributed by atoms with E-state index in [0.717, 1.165) is 5.56 Å². The second-order valence-electron chi connectivity index (χ2n) is 6.27. The molecule has 0 aliphatic carbocycles. The fraction of sp³-hybridized carbons (Fsp3) is 0.381. The van der Waals surface area contributed by atoms with Gasteiger partial charge in [0, 0.05) is 12.1 Å². The van der Waals surface area contributed by atoms with E-state index >= 15 is 0 Å². The maximum absolute atomic E-state index is 13.5. The number of amides is 1. The van der Waals surface area contributed by atoms with E-state index in [1.807, 2.05) is 38.9 Å². The van der Waals surface area contributed by atoms with E-state index in [1.165, 1.54) is 12.1 Å². The zero-order valence-corrected chi connectivity index (χ0v) is 16.3. The summed E-state index contributed by atoms with van der Waals surface area (Å²) in [5.41, 5.74) is 1.29. The summed E-state index contributed by atoms with van der Waals surface area (Å²) in [5, 5.41) is 2.92. The third-order valence-corrected chi connectivity index (χ3v) is 4.12. The Morgan fingerprint density at radius 2 is 1.78 bits per heavy atom. The molecule has 1 unspecified atom stereocenters. The van der Waals surface area contributed by atoms with E-state index in [4.69, 9.17) is 9.47 Å². The average Bonchev–Trinajstić information content (AvgIpc) is 2.63. The fourth-order valence-corrected chi connectivity index (χ4v) is 2.80. The van der Waals surface area contributed by atoms with Crippen LogP contribution in [-0.4, -0.2) is 44.7 Å². The highest BCUT2D eigenvalue weighted by molar-refractivity contribution is 5.94. The second kappa shape index (κ2) is 9.92. The molecule has 0 spiro atoms. The summed E-state index contributed by atoms with van der Waals surface area (Å²) in [7, 11) is 3.79. The van der Waals surface area contributed by atoms with Crippen molar-refractivity contribution in [2.24, 2.45) is 0 Å². The Hall–Kier alpha value is -2.60. The third-order valence-electron chi connectivity index (χ3n) is 4.12. The Labute approximate surface area is 160 Å². The predicted molar refractivity (Wildman–Crippen MR) is 104 cm³/mol. The van der Waals surface area contributed by atoms with E-state index in [0.29, 0.717) is 36.8 Å². The molecule has 0 aliphatic rings. The third kappa shape index (κ3) is 5.69. The monoisotopic (exact) mass is 374 g/mol. The smallest absolute Gasteiger partial charge is 0.251 e. The van der Waals surface area contributed by atoms with Crippen LogP contribution in [0.1, 0.15) is 35.8 Å². The second-order valence-corrected chi connectivity index (χ2v) is 6.27. The van der Waals surface area contributed by atoms with Crippen molar-refractivity contribution in [3.05, 3.63) is 59.4 Å². The Bertz CT molecular complexity index is 765. The minimum atomic E-state index is -0.293. The van der Waals surface area contributed by atoms with Gasteiger partial charge < -0.3 is 19.7 Å². The average molecular weight is 374 g/mol. The zero-order valence-electron chi connectivity index (χ0n) is 16.3. The summed E-state index contributed by atoms with van der Waals surface area (Å²) in [5.74, 6) is 0.643. The Morgan fingerprint density at radius 1 is 1.07 bits per heavy atom. The highest BCUT2D eigenvalue weighted by Crippen LogP contribution is 2.28. The van der Waals surface area contributed by atoms with Crippen LogP contribution in [0.25, 0.3) is 0 Å². The highest BCUT2D eigenvalue weighted by Gasteiger charge is 2.17. The number of hydrogen-bond acceptors (Lipinski definition) is 4. The first-order chi connectivity index (χ1) is 13.0. The van der Waals surface area contributed by atoms with E-state index in [1.54, 1.807) is 24.3 Å². The molecule has 0 heterocycles. The van der Waals surface area contributed by atoms with Crippen molar-refractivity contribution in [2.75, 3.05) is 33.9 Å². The summed E-state index contributed by atoms with van der Waals surface area (Å²) < 4.78 is 24.6. The van der Waals surface area contributed by atoms with E-state index < -0.39 is 0 Å². The Morgan fingerprint density at radius 3 is 2.41 bits per heavy atom. The molecule has 1 amide bonds. The molecule has 0 fully saturated rings. The number of carbonyl (C=O) groups is 1. The maximum Gasteiger partial charge on any atom is 0.251 e. The van der Waals surface area contributed by atoms with Gasteiger partial charge in [-0.25, -0.2) is 4.39 Å².